The molecule has 0 aliphatic carbocycles. The van der Waals surface area contributed by atoms with Crippen molar-refractivity contribution >= 4 is 39.1 Å². The number of nitrogens with one attached hydrogen (secondary N) is 1. The van der Waals surface area contributed by atoms with E-state index in [9.17, 15) is 18.0 Å². The van der Waals surface area contributed by atoms with Crippen LogP contribution in [0.1, 0.15) is 30.5 Å². The predicted octanol–water partition coefficient (Wildman–Crippen LogP) is 6.02. The molecule has 1 atom stereocenters. The molecule has 0 aromatic heterocycles. The zero-order valence-electron chi connectivity index (χ0n) is 25.8. The first-order valence-electron chi connectivity index (χ1n) is 14.6. The molecule has 45 heavy (non-hydrogen) atoms. The number of para-hydroxylation sites is 1. The van der Waals surface area contributed by atoms with E-state index in [4.69, 9.17) is 16.3 Å². The van der Waals surface area contributed by atoms with Crippen LogP contribution >= 0.6 is 11.6 Å². The average molecular weight is 648 g/mol. The number of carbonyl (C=O) groups excluding carboxylic acids is 2. The lowest BCUT2D eigenvalue weighted by Crippen LogP contribution is -2.54. The summed E-state index contributed by atoms with van der Waals surface area (Å²) in [5, 5.41) is 3.35. The number of aryl methyl sites for hydroxylation is 1. The molecule has 0 bridgehead atoms. The maximum Gasteiger partial charge on any atom is 0.264 e. The number of rotatable bonds is 13. The summed E-state index contributed by atoms with van der Waals surface area (Å²) in [6, 6.07) is 28.3. The zero-order valence-corrected chi connectivity index (χ0v) is 27.4. The molecule has 0 saturated carbocycles. The molecule has 0 heterocycles. The summed E-state index contributed by atoms with van der Waals surface area (Å²) in [5.41, 5.74) is 2.60. The standard InChI is InChI=1S/C35H38ClN3O5S/c1-25(2)37-35(41)33(22-27-12-6-5-7-13-27)38(23-28-14-10-15-30(21-28)44-4)34(40)24-39(32-16-9-8-11-26(32)3)45(42,43)31-19-17-29(36)18-20-31/h5-21,25,33H,22-24H2,1-4H3,(H,37,41)/t33-/m0/s1. The van der Waals surface area contributed by atoms with Crippen molar-refractivity contribution in [3.8, 4) is 5.75 Å². The second kappa shape index (κ2) is 15.1. The number of anilines is 1. The van der Waals surface area contributed by atoms with Crippen molar-refractivity contribution in [2.75, 3.05) is 18.0 Å². The largest absolute Gasteiger partial charge is 0.497 e. The Labute approximate surface area is 270 Å². The van der Waals surface area contributed by atoms with Gasteiger partial charge in [0.25, 0.3) is 10.0 Å². The number of nitrogens with zero attached hydrogens (tertiary/aromatic N) is 2. The lowest BCUT2D eigenvalue weighted by atomic mass is 10.0. The molecule has 0 fully saturated rings. The van der Waals surface area contributed by atoms with Gasteiger partial charge in [0.2, 0.25) is 11.8 Å². The fourth-order valence-corrected chi connectivity index (χ4v) is 6.60. The summed E-state index contributed by atoms with van der Waals surface area (Å²) in [7, 11) is -2.67. The summed E-state index contributed by atoms with van der Waals surface area (Å²) in [6.07, 6.45) is 0.226. The Bertz CT molecular complexity index is 1710. The Kier molecular flexibility index (Phi) is 11.3. The zero-order chi connectivity index (χ0) is 32.6. The van der Waals surface area contributed by atoms with Crippen LogP contribution in [-0.4, -0.2) is 50.9 Å². The number of sulfonamides is 1. The first-order valence-corrected chi connectivity index (χ1v) is 16.4. The van der Waals surface area contributed by atoms with Crippen molar-refractivity contribution in [2.45, 2.75) is 50.7 Å². The van der Waals surface area contributed by atoms with E-state index in [1.54, 1.807) is 50.4 Å². The molecule has 0 spiro atoms. The first-order chi connectivity index (χ1) is 21.5. The molecule has 0 aliphatic rings. The number of halogens is 1. The summed E-state index contributed by atoms with van der Waals surface area (Å²) in [6.45, 7) is 4.99. The lowest BCUT2D eigenvalue weighted by molar-refractivity contribution is -0.140. The van der Waals surface area contributed by atoms with E-state index in [1.165, 1.54) is 29.2 Å². The van der Waals surface area contributed by atoms with Crippen LogP contribution in [0.15, 0.2) is 108 Å². The third-order valence-corrected chi connectivity index (χ3v) is 9.28. The van der Waals surface area contributed by atoms with Crippen molar-refractivity contribution in [1.29, 1.82) is 0 Å². The van der Waals surface area contributed by atoms with Crippen LogP contribution < -0.4 is 14.4 Å². The van der Waals surface area contributed by atoms with Gasteiger partial charge in [0, 0.05) is 24.0 Å². The molecule has 0 radical (unpaired) electrons. The fraction of sp³-hybridized carbons (Fsp3) is 0.257. The Morgan fingerprint density at radius 3 is 2.16 bits per heavy atom. The summed E-state index contributed by atoms with van der Waals surface area (Å²) < 4.78 is 34.8. The highest BCUT2D eigenvalue weighted by atomic mass is 35.5. The van der Waals surface area contributed by atoms with Gasteiger partial charge in [-0.25, -0.2) is 8.42 Å². The number of amides is 2. The summed E-state index contributed by atoms with van der Waals surface area (Å²) in [4.78, 5) is 29.8. The fourth-order valence-electron chi connectivity index (χ4n) is 4.99. The molecule has 236 valence electrons. The minimum Gasteiger partial charge on any atom is -0.497 e. The van der Waals surface area contributed by atoms with Crippen LogP contribution in [0.25, 0.3) is 0 Å². The molecule has 4 rings (SSSR count). The molecule has 1 N–H and O–H groups in total. The number of methoxy groups -OCH3 is 1. The Hall–Kier alpha value is -4.34. The highest BCUT2D eigenvalue weighted by Gasteiger charge is 2.35. The molecular weight excluding hydrogens is 610 g/mol. The van der Waals surface area contributed by atoms with Crippen molar-refractivity contribution < 1.29 is 22.7 Å². The Balaban J connectivity index is 1.82. The number of ether oxygens (including phenoxy) is 1. The maximum absolute atomic E-state index is 14.5. The van der Waals surface area contributed by atoms with Gasteiger partial charge in [-0.15, -0.1) is 0 Å². The van der Waals surface area contributed by atoms with E-state index in [-0.39, 0.29) is 29.8 Å². The second-order valence-corrected chi connectivity index (χ2v) is 13.3. The highest BCUT2D eigenvalue weighted by Crippen LogP contribution is 2.28. The summed E-state index contributed by atoms with van der Waals surface area (Å²) in [5.74, 6) is -0.287. The van der Waals surface area contributed by atoms with Crippen LogP contribution in [-0.2, 0) is 32.6 Å². The average Bonchev–Trinajstić information content (AvgIpc) is 3.02. The Morgan fingerprint density at radius 1 is 0.867 bits per heavy atom. The van der Waals surface area contributed by atoms with E-state index in [0.29, 0.717) is 22.0 Å². The second-order valence-electron chi connectivity index (χ2n) is 11.0. The van der Waals surface area contributed by atoms with Gasteiger partial charge in [-0.05, 0) is 79.9 Å². The third-order valence-electron chi connectivity index (χ3n) is 7.25. The highest BCUT2D eigenvalue weighted by molar-refractivity contribution is 7.92. The smallest absolute Gasteiger partial charge is 0.264 e. The molecular formula is C35H38ClN3O5S. The van der Waals surface area contributed by atoms with Crippen LogP contribution in [0, 0.1) is 6.92 Å². The SMILES string of the molecule is COc1cccc(CN(C(=O)CN(c2ccccc2C)S(=O)(=O)c2ccc(Cl)cc2)[C@@H](Cc2ccccc2)C(=O)NC(C)C)c1. The van der Waals surface area contributed by atoms with Crippen LogP contribution in [0.3, 0.4) is 0 Å². The van der Waals surface area contributed by atoms with Crippen LogP contribution in [0.4, 0.5) is 5.69 Å². The van der Waals surface area contributed by atoms with Gasteiger partial charge in [-0.3, -0.25) is 13.9 Å². The molecule has 8 nitrogen and oxygen atoms in total. The number of hydrogen-bond acceptors (Lipinski definition) is 5. The van der Waals surface area contributed by atoms with Crippen LogP contribution in [0.5, 0.6) is 5.75 Å². The van der Waals surface area contributed by atoms with Crippen molar-refractivity contribution in [1.82, 2.24) is 10.2 Å². The summed E-state index contributed by atoms with van der Waals surface area (Å²) >= 11 is 6.06. The van der Waals surface area contributed by atoms with E-state index in [1.807, 2.05) is 56.3 Å². The van der Waals surface area contributed by atoms with Gasteiger partial charge < -0.3 is 15.0 Å². The lowest BCUT2D eigenvalue weighted by Gasteiger charge is -2.34. The van der Waals surface area contributed by atoms with E-state index < -0.39 is 28.5 Å². The van der Waals surface area contributed by atoms with E-state index in [2.05, 4.69) is 5.32 Å². The Morgan fingerprint density at radius 2 is 1.51 bits per heavy atom. The van der Waals surface area contributed by atoms with Gasteiger partial charge in [0.1, 0.15) is 18.3 Å². The van der Waals surface area contributed by atoms with Gasteiger partial charge >= 0.3 is 0 Å². The predicted molar refractivity (Wildman–Crippen MR) is 178 cm³/mol. The number of benzene rings is 4. The van der Waals surface area contributed by atoms with Crippen molar-refractivity contribution in [3.05, 3.63) is 125 Å². The topological polar surface area (TPSA) is 96.0 Å². The molecule has 0 aliphatic heterocycles. The molecule has 2 amide bonds. The number of hydrogen-bond donors (Lipinski definition) is 1. The van der Waals surface area contributed by atoms with Gasteiger partial charge in [-0.2, -0.15) is 0 Å². The normalized spacial score (nSPS) is 12.0. The number of carbonyl (C=O) groups is 2. The van der Waals surface area contributed by atoms with Crippen LogP contribution in [0.2, 0.25) is 5.02 Å². The third kappa shape index (κ3) is 8.65. The first kappa shape index (κ1) is 33.6. The minimum absolute atomic E-state index is 0.0133. The monoisotopic (exact) mass is 647 g/mol. The molecule has 0 unspecified atom stereocenters. The molecule has 4 aromatic carbocycles. The van der Waals surface area contributed by atoms with Gasteiger partial charge in [0.15, 0.2) is 0 Å². The van der Waals surface area contributed by atoms with E-state index in [0.717, 1.165) is 15.4 Å². The van der Waals surface area contributed by atoms with Crippen molar-refractivity contribution in [2.24, 2.45) is 0 Å². The van der Waals surface area contributed by atoms with Crippen molar-refractivity contribution in [3.63, 3.8) is 0 Å². The molecule has 4 aromatic rings. The van der Waals surface area contributed by atoms with Gasteiger partial charge in [0.05, 0.1) is 17.7 Å². The molecule has 10 heteroatoms. The molecule has 0 saturated heterocycles. The maximum atomic E-state index is 14.5. The van der Waals surface area contributed by atoms with Gasteiger partial charge in [-0.1, -0.05) is 72.3 Å². The quantitative estimate of drug-likeness (QED) is 0.192. The minimum atomic E-state index is -4.22. The van der Waals surface area contributed by atoms with E-state index >= 15 is 0 Å².